The summed E-state index contributed by atoms with van der Waals surface area (Å²) in [6, 6.07) is 16.4. The fourth-order valence-electron chi connectivity index (χ4n) is 4.08. The van der Waals surface area contributed by atoms with Crippen LogP contribution in [-0.4, -0.2) is 66.9 Å². The Morgan fingerprint density at radius 2 is 1.80 bits per heavy atom. The topological polar surface area (TPSA) is 133 Å². The average molecular weight is 561 g/mol. The minimum absolute atomic E-state index is 0.0412. The lowest BCUT2D eigenvalue weighted by molar-refractivity contribution is 0.0696. The molecule has 0 bridgehead atoms. The van der Waals surface area contributed by atoms with Crippen LogP contribution in [0.1, 0.15) is 27.0 Å². The Morgan fingerprint density at radius 3 is 2.40 bits per heavy atom. The quantitative estimate of drug-likeness (QED) is 0.366. The van der Waals surface area contributed by atoms with Crippen LogP contribution in [0, 0.1) is 11.3 Å². The molecule has 0 radical (unpaired) electrons. The smallest absolute Gasteiger partial charge is 0.335 e. The van der Waals surface area contributed by atoms with Gasteiger partial charge in [-0.2, -0.15) is 9.57 Å². The molecule has 1 aliphatic heterocycles. The number of likely N-dealkylation sites (N-methyl/N-ethyl adjacent to an activating group) is 1. The minimum Gasteiger partial charge on any atom is -0.478 e. The maximum absolute atomic E-state index is 13.1. The zero-order valence-corrected chi connectivity index (χ0v) is 22.7. The highest BCUT2D eigenvalue weighted by Crippen LogP contribution is 2.29. The Morgan fingerprint density at radius 1 is 1.12 bits per heavy atom. The standard InChI is InChI=1S/C29H28N4O6S/c1-3-38-17-12-24-18-27(22-8-10-25(11-9-22)40(36,37)33-15-13-32(2)14-16-33)31-28(26(24)19-30)39-20-21-4-6-23(7-5-21)29(34)35/h3-12,17-18H,1,13-16,20H2,2H3,(H,34,35)/b17-12+. The van der Waals surface area contributed by atoms with E-state index in [0.29, 0.717) is 48.6 Å². The van der Waals surface area contributed by atoms with Crippen LogP contribution in [0.3, 0.4) is 0 Å². The van der Waals surface area contributed by atoms with Gasteiger partial charge in [0.05, 0.1) is 28.7 Å². The maximum atomic E-state index is 13.1. The number of piperazine rings is 1. The summed E-state index contributed by atoms with van der Waals surface area (Å²) < 4.78 is 38.7. The molecule has 11 heteroatoms. The van der Waals surface area contributed by atoms with Crippen LogP contribution in [0.5, 0.6) is 5.88 Å². The van der Waals surface area contributed by atoms with E-state index < -0.39 is 16.0 Å². The molecular weight excluding hydrogens is 532 g/mol. The highest BCUT2D eigenvalue weighted by atomic mass is 32.2. The van der Waals surface area contributed by atoms with Crippen LogP contribution in [0.15, 0.2) is 78.6 Å². The second-order valence-corrected chi connectivity index (χ2v) is 11.0. The van der Waals surface area contributed by atoms with Gasteiger partial charge in [0.15, 0.2) is 0 Å². The summed E-state index contributed by atoms with van der Waals surface area (Å²) >= 11 is 0. The Hall–Kier alpha value is -4.50. The number of hydrogen-bond acceptors (Lipinski definition) is 8. The van der Waals surface area contributed by atoms with Gasteiger partial charge in [-0.15, -0.1) is 0 Å². The Labute approximate surface area is 233 Å². The first kappa shape index (κ1) is 28.5. The number of nitriles is 1. The highest BCUT2D eigenvalue weighted by Gasteiger charge is 2.27. The van der Waals surface area contributed by atoms with Crippen molar-refractivity contribution < 1.29 is 27.8 Å². The normalized spacial score (nSPS) is 14.5. The van der Waals surface area contributed by atoms with Crippen LogP contribution in [0.4, 0.5) is 0 Å². The van der Waals surface area contributed by atoms with E-state index in [4.69, 9.17) is 14.6 Å². The molecule has 1 saturated heterocycles. The van der Waals surface area contributed by atoms with Crippen molar-refractivity contribution in [2.45, 2.75) is 11.5 Å². The SMILES string of the molecule is C=CO/C=C/c1cc(-c2ccc(S(=O)(=O)N3CCN(C)CC3)cc2)nc(OCc2ccc(C(=O)O)cc2)c1C#N. The van der Waals surface area contributed by atoms with Crippen molar-refractivity contribution in [1.82, 2.24) is 14.2 Å². The van der Waals surface area contributed by atoms with E-state index in [1.165, 1.54) is 29.0 Å². The molecule has 0 atom stereocenters. The van der Waals surface area contributed by atoms with E-state index in [2.05, 4.69) is 22.5 Å². The van der Waals surface area contributed by atoms with Gasteiger partial charge in [-0.25, -0.2) is 18.2 Å². The van der Waals surface area contributed by atoms with Gasteiger partial charge in [-0.1, -0.05) is 30.8 Å². The molecule has 0 saturated carbocycles. The lowest BCUT2D eigenvalue weighted by Gasteiger charge is -2.31. The third kappa shape index (κ3) is 6.55. The molecule has 0 unspecified atom stereocenters. The van der Waals surface area contributed by atoms with E-state index >= 15 is 0 Å². The van der Waals surface area contributed by atoms with Crippen molar-refractivity contribution >= 4 is 22.1 Å². The van der Waals surface area contributed by atoms with E-state index in [0.717, 1.165) is 0 Å². The molecule has 40 heavy (non-hydrogen) atoms. The molecule has 0 aliphatic carbocycles. The van der Waals surface area contributed by atoms with Crippen LogP contribution in [-0.2, 0) is 21.4 Å². The summed E-state index contributed by atoms with van der Waals surface area (Å²) in [4.78, 5) is 18.0. The van der Waals surface area contributed by atoms with E-state index in [9.17, 15) is 18.5 Å². The van der Waals surface area contributed by atoms with Gasteiger partial charge in [0.1, 0.15) is 18.2 Å². The maximum Gasteiger partial charge on any atom is 0.335 e. The summed E-state index contributed by atoms with van der Waals surface area (Å²) in [6.07, 6.45) is 4.18. The third-order valence-electron chi connectivity index (χ3n) is 6.38. The minimum atomic E-state index is -3.63. The van der Waals surface area contributed by atoms with Gasteiger partial charge < -0.3 is 19.5 Å². The van der Waals surface area contributed by atoms with Crippen LogP contribution >= 0.6 is 0 Å². The Kier molecular flexibility index (Phi) is 8.96. The van der Waals surface area contributed by atoms with Gasteiger partial charge in [-0.3, -0.25) is 0 Å². The number of carboxylic acids is 1. The molecule has 10 nitrogen and oxygen atoms in total. The second-order valence-electron chi connectivity index (χ2n) is 9.02. The lowest BCUT2D eigenvalue weighted by atomic mass is 10.1. The molecular formula is C29H28N4O6S. The molecule has 206 valence electrons. The number of carboxylic acid groups (broad SMARTS) is 1. The largest absolute Gasteiger partial charge is 0.478 e. The molecule has 1 fully saturated rings. The van der Waals surface area contributed by atoms with Gasteiger partial charge in [-0.05, 0) is 49.0 Å². The summed E-state index contributed by atoms with van der Waals surface area (Å²) in [5.74, 6) is -0.969. The molecule has 2 heterocycles. The molecule has 4 rings (SSSR count). The second kappa shape index (κ2) is 12.6. The number of hydrogen-bond donors (Lipinski definition) is 1. The van der Waals surface area contributed by atoms with Crippen molar-refractivity contribution in [3.63, 3.8) is 0 Å². The number of sulfonamides is 1. The molecule has 1 aromatic heterocycles. The first-order chi connectivity index (χ1) is 19.2. The molecule has 2 aromatic carbocycles. The fraction of sp³-hybridized carbons (Fsp3) is 0.207. The van der Waals surface area contributed by atoms with E-state index in [1.807, 2.05) is 7.05 Å². The van der Waals surface area contributed by atoms with Crippen molar-refractivity contribution in [3.05, 3.63) is 96.0 Å². The number of benzene rings is 2. The fourth-order valence-corrected chi connectivity index (χ4v) is 5.50. The van der Waals surface area contributed by atoms with Gasteiger partial charge >= 0.3 is 5.97 Å². The number of aromatic carboxylic acids is 1. The summed E-state index contributed by atoms with van der Waals surface area (Å²) in [6.45, 7) is 5.74. The summed E-state index contributed by atoms with van der Waals surface area (Å²) in [5, 5.41) is 19.0. The monoisotopic (exact) mass is 560 g/mol. The number of carbonyl (C=O) groups is 1. The number of aromatic nitrogens is 1. The zero-order valence-electron chi connectivity index (χ0n) is 21.9. The third-order valence-corrected chi connectivity index (χ3v) is 8.29. The molecule has 1 aliphatic rings. The molecule has 0 amide bonds. The van der Waals surface area contributed by atoms with Crippen molar-refractivity contribution in [3.8, 4) is 23.2 Å². The lowest BCUT2D eigenvalue weighted by Crippen LogP contribution is -2.46. The van der Waals surface area contributed by atoms with E-state index in [1.54, 1.807) is 48.5 Å². The summed E-state index contributed by atoms with van der Waals surface area (Å²) in [7, 11) is -1.67. The molecule has 0 spiro atoms. The first-order valence-corrected chi connectivity index (χ1v) is 13.8. The molecule has 1 N–H and O–H groups in total. The van der Waals surface area contributed by atoms with Crippen LogP contribution in [0.2, 0.25) is 0 Å². The Bertz CT molecular complexity index is 1550. The van der Waals surface area contributed by atoms with Crippen molar-refractivity contribution in [2.75, 3.05) is 33.2 Å². The average Bonchev–Trinajstić information content (AvgIpc) is 2.96. The van der Waals surface area contributed by atoms with Gasteiger partial charge in [0.2, 0.25) is 15.9 Å². The predicted octanol–water partition coefficient (Wildman–Crippen LogP) is 3.96. The first-order valence-electron chi connectivity index (χ1n) is 12.3. The molecule has 3 aromatic rings. The van der Waals surface area contributed by atoms with Crippen molar-refractivity contribution in [1.29, 1.82) is 5.26 Å². The van der Waals surface area contributed by atoms with E-state index in [-0.39, 0.29) is 28.5 Å². The van der Waals surface area contributed by atoms with Crippen LogP contribution in [0.25, 0.3) is 17.3 Å². The number of rotatable bonds is 10. The van der Waals surface area contributed by atoms with Gasteiger partial charge in [0, 0.05) is 37.3 Å². The number of pyridine rings is 1. The highest BCUT2D eigenvalue weighted by molar-refractivity contribution is 7.89. The number of nitrogens with zero attached hydrogens (tertiary/aromatic N) is 4. The van der Waals surface area contributed by atoms with Crippen molar-refractivity contribution in [2.24, 2.45) is 0 Å². The zero-order chi connectivity index (χ0) is 28.7. The van der Waals surface area contributed by atoms with Gasteiger partial charge in [0.25, 0.3) is 0 Å². The number of ether oxygens (including phenoxy) is 2. The Balaban J connectivity index is 1.65. The van der Waals surface area contributed by atoms with Crippen LogP contribution < -0.4 is 4.74 Å². The predicted molar refractivity (Wildman–Crippen MR) is 149 cm³/mol. The summed E-state index contributed by atoms with van der Waals surface area (Å²) in [5.41, 5.74) is 2.55.